The number of rotatable bonds is 0. The Balaban J connectivity index is 2.32. The van der Waals surface area contributed by atoms with Gasteiger partial charge in [-0.25, -0.2) is 0 Å². The Kier molecular flexibility index (Phi) is 1.18. The number of esters is 1. The second-order valence-corrected chi connectivity index (χ2v) is 2.08. The molecule has 0 aromatic heterocycles. The smallest absolute Gasteiger partial charge is 0.306 e. The molecule has 1 fully saturated rings. The molecule has 46 valence electrons. The predicted molar refractivity (Wildman–Crippen MR) is 29.4 cm³/mol. The van der Waals surface area contributed by atoms with Gasteiger partial charge in [0.25, 0.3) is 0 Å². The van der Waals surface area contributed by atoms with Crippen molar-refractivity contribution in [2.75, 3.05) is 6.61 Å². The first-order valence-electron chi connectivity index (χ1n) is 3.48. The summed E-state index contributed by atoms with van der Waals surface area (Å²) in [4.78, 5) is 10.5. The Bertz CT molecular complexity index is 114. The fraction of sp³-hybridized carbons (Fsp3) is 0.833. The van der Waals surface area contributed by atoms with Crippen molar-refractivity contribution in [1.82, 2.24) is 0 Å². The molecule has 0 aromatic carbocycles. The van der Waals surface area contributed by atoms with E-state index < -0.39 is 0 Å². The number of hydrogen-bond acceptors (Lipinski definition) is 2. The minimum absolute atomic E-state index is 0.140. The van der Waals surface area contributed by atoms with Crippen molar-refractivity contribution in [3.8, 4) is 0 Å². The van der Waals surface area contributed by atoms with E-state index in [2.05, 4.69) is 4.74 Å². The average molecular weight is 115 g/mol. The molecule has 0 amide bonds. The number of hydrogen-bond donors (Lipinski definition) is 0. The Morgan fingerprint density at radius 3 is 3.38 bits per heavy atom. The van der Waals surface area contributed by atoms with Gasteiger partial charge in [0.2, 0.25) is 0 Å². The van der Waals surface area contributed by atoms with Crippen LogP contribution in [0.3, 0.4) is 0 Å². The molecular weight excluding hydrogens is 104 g/mol. The van der Waals surface area contributed by atoms with E-state index in [-0.39, 0.29) is 11.9 Å². The van der Waals surface area contributed by atoms with Crippen LogP contribution in [0.15, 0.2) is 0 Å². The van der Waals surface area contributed by atoms with Crippen LogP contribution in [0.25, 0.3) is 0 Å². The Morgan fingerprint density at radius 1 is 2.00 bits per heavy atom. The van der Waals surface area contributed by atoms with E-state index in [1.807, 2.05) is 0 Å². The number of cyclic esters (lactones) is 1. The first-order chi connectivity index (χ1) is 4.33. The summed E-state index contributed by atoms with van der Waals surface area (Å²) < 4.78 is 11.7. The Hall–Kier alpha value is -0.530. The van der Waals surface area contributed by atoms with Gasteiger partial charge in [-0.15, -0.1) is 0 Å². The molecule has 1 rings (SSSR count). The minimum atomic E-state index is -0.140. The number of carbonyl (C=O) groups is 1. The molecule has 0 aromatic rings. The molecule has 8 heavy (non-hydrogen) atoms. The average Bonchev–Trinajstić information content (AvgIpc) is 1.88. The van der Waals surface area contributed by atoms with Crippen molar-refractivity contribution < 1.29 is 10.9 Å². The van der Waals surface area contributed by atoms with Crippen LogP contribution in [0.5, 0.6) is 0 Å². The van der Waals surface area contributed by atoms with Crippen molar-refractivity contribution in [2.24, 2.45) is 5.92 Å². The highest BCUT2D eigenvalue weighted by molar-refractivity contribution is 5.70. The van der Waals surface area contributed by atoms with Crippen LogP contribution in [0.4, 0.5) is 0 Å². The SMILES string of the molecule is [2H]CC1CCOC(=O)C1. The van der Waals surface area contributed by atoms with Crippen LogP contribution in [0.2, 0.25) is 0 Å². The third kappa shape index (κ3) is 1.22. The van der Waals surface area contributed by atoms with Gasteiger partial charge in [-0.05, 0) is 12.3 Å². The normalized spacial score (nSPS) is 31.2. The summed E-state index contributed by atoms with van der Waals surface area (Å²) in [6.07, 6.45) is 1.32. The maximum Gasteiger partial charge on any atom is 0.306 e. The van der Waals surface area contributed by atoms with Crippen LogP contribution < -0.4 is 0 Å². The van der Waals surface area contributed by atoms with E-state index in [9.17, 15) is 4.79 Å². The largest absolute Gasteiger partial charge is 0.466 e. The number of carbonyl (C=O) groups excluding carboxylic acids is 1. The molecule has 2 nitrogen and oxygen atoms in total. The molecule has 2 heteroatoms. The van der Waals surface area contributed by atoms with Crippen molar-refractivity contribution >= 4 is 5.97 Å². The molecule has 0 spiro atoms. The third-order valence-corrected chi connectivity index (χ3v) is 1.24. The first-order valence-corrected chi connectivity index (χ1v) is 2.78. The van der Waals surface area contributed by atoms with Gasteiger partial charge in [-0.3, -0.25) is 4.79 Å². The highest BCUT2D eigenvalue weighted by Crippen LogP contribution is 2.13. The zero-order valence-corrected chi connectivity index (χ0v) is 4.72. The monoisotopic (exact) mass is 115 g/mol. The molecule has 1 saturated heterocycles. The van der Waals surface area contributed by atoms with Gasteiger partial charge in [0.1, 0.15) is 0 Å². The highest BCUT2D eigenvalue weighted by atomic mass is 16.5. The van der Waals surface area contributed by atoms with Crippen molar-refractivity contribution in [2.45, 2.75) is 19.7 Å². The maximum absolute atomic E-state index is 10.5. The van der Waals surface area contributed by atoms with Gasteiger partial charge in [0.05, 0.1) is 6.61 Å². The molecular formula is C6H10O2. The second kappa shape index (κ2) is 2.16. The molecule has 1 aliphatic rings. The number of ether oxygens (including phenoxy) is 1. The van der Waals surface area contributed by atoms with Gasteiger partial charge in [-0.1, -0.05) is 6.90 Å². The van der Waals surface area contributed by atoms with Crippen molar-refractivity contribution in [3.05, 3.63) is 0 Å². The fourth-order valence-corrected chi connectivity index (χ4v) is 0.736. The molecule has 1 aliphatic heterocycles. The molecule has 0 N–H and O–H groups in total. The van der Waals surface area contributed by atoms with Crippen LogP contribution in [0.1, 0.15) is 21.1 Å². The summed E-state index contributed by atoms with van der Waals surface area (Å²) in [6, 6.07) is 0. The predicted octanol–water partition coefficient (Wildman–Crippen LogP) is 0.960. The van der Waals surface area contributed by atoms with Crippen LogP contribution >= 0.6 is 0 Å². The van der Waals surface area contributed by atoms with Gasteiger partial charge < -0.3 is 4.74 Å². The lowest BCUT2D eigenvalue weighted by Gasteiger charge is -2.16. The van der Waals surface area contributed by atoms with Crippen LogP contribution in [-0.2, 0) is 9.53 Å². The van der Waals surface area contributed by atoms with E-state index in [1.165, 1.54) is 0 Å². The van der Waals surface area contributed by atoms with Crippen LogP contribution in [-0.4, -0.2) is 12.6 Å². The van der Waals surface area contributed by atoms with Gasteiger partial charge in [-0.2, -0.15) is 0 Å². The van der Waals surface area contributed by atoms with Crippen molar-refractivity contribution in [3.63, 3.8) is 0 Å². The molecule has 0 aliphatic carbocycles. The topological polar surface area (TPSA) is 26.3 Å². The zero-order valence-electron chi connectivity index (χ0n) is 5.72. The summed E-state index contributed by atoms with van der Waals surface area (Å²) in [6.45, 7) is 0.873. The maximum atomic E-state index is 10.5. The Labute approximate surface area is 50.2 Å². The van der Waals surface area contributed by atoms with E-state index in [0.717, 1.165) is 6.42 Å². The zero-order chi connectivity index (χ0) is 6.69. The van der Waals surface area contributed by atoms with Gasteiger partial charge in [0.15, 0.2) is 0 Å². The standard InChI is InChI=1S/C6H10O2/c1-5-2-3-8-6(7)4-5/h5H,2-4H2,1H3/i1D. The van der Waals surface area contributed by atoms with E-state index >= 15 is 0 Å². The van der Waals surface area contributed by atoms with E-state index in [0.29, 0.717) is 19.9 Å². The van der Waals surface area contributed by atoms with Gasteiger partial charge in [0, 0.05) is 7.79 Å². The molecule has 1 atom stereocenters. The highest BCUT2D eigenvalue weighted by Gasteiger charge is 2.15. The lowest BCUT2D eigenvalue weighted by Crippen LogP contribution is -2.18. The summed E-state index contributed by atoms with van der Waals surface area (Å²) >= 11 is 0. The second-order valence-electron chi connectivity index (χ2n) is 2.08. The van der Waals surface area contributed by atoms with Crippen LogP contribution in [0, 0.1) is 5.92 Å². The summed E-state index contributed by atoms with van der Waals surface area (Å²) in [7, 11) is 0. The molecule has 1 heterocycles. The Morgan fingerprint density at radius 2 is 2.88 bits per heavy atom. The van der Waals surface area contributed by atoms with E-state index in [4.69, 9.17) is 1.37 Å². The molecule has 0 bridgehead atoms. The lowest BCUT2D eigenvalue weighted by atomic mass is 10.0. The lowest BCUT2D eigenvalue weighted by molar-refractivity contribution is -0.148. The first kappa shape index (κ1) is 4.36. The van der Waals surface area contributed by atoms with Crippen molar-refractivity contribution in [1.29, 1.82) is 0 Å². The molecule has 0 radical (unpaired) electrons. The molecule has 1 unspecified atom stereocenters. The summed E-state index contributed by atoms with van der Waals surface area (Å²) in [5.41, 5.74) is 0. The minimum Gasteiger partial charge on any atom is -0.466 e. The van der Waals surface area contributed by atoms with E-state index in [1.54, 1.807) is 0 Å². The third-order valence-electron chi connectivity index (χ3n) is 1.24. The quantitative estimate of drug-likeness (QED) is 0.439. The fourth-order valence-electron chi connectivity index (χ4n) is 0.736. The summed E-state index contributed by atoms with van der Waals surface area (Å²) in [5.74, 6) is 0.116. The van der Waals surface area contributed by atoms with Gasteiger partial charge >= 0.3 is 5.97 Å². The summed E-state index contributed by atoms with van der Waals surface area (Å²) in [5, 5.41) is 0. The molecule has 0 saturated carbocycles.